The SMILES string of the molecule is NC(=O)CCC(NC(=O)C(CS)NC(=O)C(CCCN=C(N)N)NC(=O)C(N)CCC(=O)O)C(=O)O. The molecule has 0 rings (SSSR count). The third kappa shape index (κ3) is 14.0. The Balaban J connectivity index is 5.37. The van der Waals surface area contributed by atoms with Crippen LogP contribution in [0.3, 0.4) is 0 Å². The van der Waals surface area contributed by atoms with E-state index in [0.717, 1.165) is 0 Å². The molecule has 0 bridgehead atoms. The summed E-state index contributed by atoms with van der Waals surface area (Å²) in [5.41, 5.74) is 21.2. The molecule has 16 nitrogen and oxygen atoms in total. The van der Waals surface area contributed by atoms with Crippen molar-refractivity contribution in [2.24, 2.45) is 27.9 Å². The van der Waals surface area contributed by atoms with Crippen molar-refractivity contribution in [3.8, 4) is 0 Å². The minimum Gasteiger partial charge on any atom is -0.481 e. The van der Waals surface area contributed by atoms with E-state index in [0.29, 0.717) is 0 Å². The first-order valence-electron chi connectivity index (χ1n) is 10.8. The van der Waals surface area contributed by atoms with Crippen molar-refractivity contribution in [3.05, 3.63) is 0 Å². The Hall–Kier alpha value is -3.60. The Morgan fingerprint density at radius 1 is 0.778 bits per heavy atom. The Morgan fingerprint density at radius 2 is 1.33 bits per heavy atom. The van der Waals surface area contributed by atoms with Crippen LogP contribution in [0.1, 0.15) is 38.5 Å². The van der Waals surface area contributed by atoms with Crippen LogP contribution in [0.2, 0.25) is 0 Å². The van der Waals surface area contributed by atoms with Crippen LogP contribution in [0.4, 0.5) is 0 Å². The van der Waals surface area contributed by atoms with Gasteiger partial charge in [0, 0.05) is 25.1 Å². The molecule has 0 heterocycles. The van der Waals surface area contributed by atoms with Crippen LogP contribution in [-0.4, -0.2) is 88.2 Å². The number of carbonyl (C=O) groups is 6. The number of rotatable bonds is 18. The van der Waals surface area contributed by atoms with Gasteiger partial charge >= 0.3 is 11.9 Å². The van der Waals surface area contributed by atoms with E-state index in [1.165, 1.54) is 0 Å². The third-order valence-electron chi connectivity index (χ3n) is 4.69. The van der Waals surface area contributed by atoms with E-state index < -0.39 is 59.7 Å². The number of nitrogens with one attached hydrogen (secondary N) is 3. The average Bonchev–Trinajstić information content (AvgIpc) is 2.79. The van der Waals surface area contributed by atoms with Gasteiger partial charge in [0.05, 0.1) is 6.04 Å². The second-order valence-corrected chi connectivity index (χ2v) is 8.06. The number of nitrogens with zero attached hydrogens (tertiary/aromatic N) is 1. The molecule has 13 N–H and O–H groups in total. The molecule has 0 radical (unpaired) electrons. The highest BCUT2D eigenvalue weighted by molar-refractivity contribution is 7.80. The molecule has 0 fully saturated rings. The maximum atomic E-state index is 12.9. The third-order valence-corrected chi connectivity index (χ3v) is 5.06. The highest BCUT2D eigenvalue weighted by Gasteiger charge is 2.29. The molecule has 4 amide bonds. The van der Waals surface area contributed by atoms with Gasteiger partial charge in [-0.05, 0) is 25.7 Å². The van der Waals surface area contributed by atoms with Gasteiger partial charge in [0.2, 0.25) is 23.6 Å². The van der Waals surface area contributed by atoms with Crippen molar-refractivity contribution in [1.82, 2.24) is 16.0 Å². The average molecular weight is 535 g/mol. The predicted molar refractivity (Wildman–Crippen MR) is 130 cm³/mol. The zero-order chi connectivity index (χ0) is 27.8. The van der Waals surface area contributed by atoms with E-state index >= 15 is 0 Å². The summed E-state index contributed by atoms with van der Waals surface area (Å²) in [6.45, 7) is 0.129. The zero-order valence-corrected chi connectivity index (χ0v) is 20.4. The van der Waals surface area contributed by atoms with Crippen LogP contribution in [0.15, 0.2) is 4.99 Å². The van der Waals surface area contributed by atoms with Crippen LogP contribution >= 0.6 is 12.6 Å². The lowest BCUT2D eigenvalue weighted by Gasteiger charge is -2.24. The lowest BCUT2D eigenvalue weighted by atomic mass is 10.1. The van der Waals surface area contributed by atoms with Crippen LogP contribution < -0.4 is 38.9 Å². The molecule has 0 aliphatic rings. The quantitative estimate of drug-likeness (QED) is 0.0349. The summed E-state index contributed by atoms with van der Waals surface area (Å²) in [6, 6.07) is -5.15. The van der Waals surface area contributed by atoms with Gasteiger partial charge in [-0.1, -0.05) is 0 Å². The van der Waals surface area contributed by atoms with E-state index in [1.807, 2.05) is 0 Å². The fourth-order valence-electron chi connectivity index (χ4n) is 2.74. The Bertz CT molecular complexity index is 836. The molecule has 204 valence electrons. The lowest BCUT2D eigenvalue weighted by Crippen LogP contribution is -2.57. The number of guanidine groups is 1. The number of carboxylic acid groups (broad SMARTS) is 2. The van der Waals surface area contributed by atoms with Crippen molar-refractivity contribution >= 4 is 54.2 Å². The van der Waals surface area contributed by atoms with Gasteiger partial charge in [-0.15, -0.1) is 0 Å². The number of thiol groups is 1. The van der Waals surface area contributed by atoms with E-state index in [1.54, 1.807) is 0 Å². The summed E-state index contributed by atoms with van der Waals surface area (Å²) in [5, 5.41) is 25.0. The van der Waals surface area contributed by atoms with Gasteiger partial charge in [-0.3, -0.25) is 29.0 Å². The van der Waals surface area contributed by atoms with Gasteiger partial charge in [-0.25, -0.2) is 4.79 Å². The molecule has 4 unspecified atom stereocenters. The first-order valence-corrected chi connectivity index (χ1v) is 11.5. The molecule has 0 aliphatic heterocycles. The van der Waals surface area contributed by atoms with Crippen LogP contribution in [0.5, 0.6) is 0 Å². The lowest BCUT2D eigenvalue weighted by molar-refractivity contribution is -0.142. The second kappa shape index (κ2) is 16.9. The van der Waals surface area contributed by atoms with Gasteiger partial charge in [0.1, 0.15) is 18.1 Å². The fraction of sp³-hybridized carbons (Fsp3) is 0.632. The normalized spacial score (nSPS) is 13.8. The van der Waals surface area contributed by atoms with Crippen LogP contribution in [0, 0.1) is 0 Å². The summed E-state index contributed by atoms with van der Waals surface area (Å²) in [4.78, 5) is 74.6. The number of primary amides is 1. The zero-order valence-electron chi connectivity index (χ0n) is 19.5. The maximum Gasteiger partial charge on any atom is 0.326 e. The van der Waals surface area contributed by atoms with Gasteiger partial charge in [0.15, 0.2) is 5.96 Å². The number of nitrogens with two attached hydrogens (primary N) is 4. The summed E-state index contributed by atoms with van der Waals surface area (Å²) in [5.74, 6) is -6.20. The van der Waals surface area contributed by atoms with Crippen molar-refractivity contribution in [1.29, 1.82) is 0 Å². The predicted octanol–water partition coefficient (Wildman–Crippen LogP) is -4.03. The number of aliphatic imine (C=N–C) groups is 1. The summed E-state index contributed by atoms with van der Waals surface area (Å²) >= 11 is 4.01. The molecule has 0 saturated carbocycles. The molecule has 0 spiro atoms. The summed E-state index contributed by atoms with van der Waals surface area (Å²) in [7, 11) is 0. The highest BCUT2D eigenvalue weighted by atomic mass is 32.1. The van der Waals surface area contributed by atoms with E-state index in [2.05, 4.69) is 33.6 Å². The molecule has 0 aliphatic carbocycles. The summed E-state index contributed by atoms with van der Waals surface area (Å²) in [6.07, 6.45) is -0.822. The number of hydrogen-bond acceptors (Lipinski definition) is 9. The monoisotopic (exact) mass is 534 g/mol. The van der Waals surface area contributed by atoms with Crippen LogP contribution in [-0.2, 0) is 28.8 Å². The number of amides is 4. The smallest absolute Gasteiger partial charge is 0.326 e. The highest BCUT2D eigenvalue weighted by Crippen LogP contribution is 2.04. The van der Waals surface area contributed by atoms with Crippen molar-refractivity contribution < 1.29 is 39.0 Å². The number of carboxylic acids is 2. The minimum absolute atomic E-state index is 0.0251. The molecular weight excluding hydrogens is 500 g/mol. The molecule has 17 heteroatoms. The number of carbonyl (C=O) groups excluding carboxylic acids is 4. The first-order chi connectivity index (χ1) is 16.8. The topological polar surface area (TPSA) is 295 Å². The molecule has 0 aromatic carbocycles. The van der Waals surface area contributed by atoms with E-state index in [-0.39, 0.29) is 56.8 Å². The standard InChI is InChI=1S/C19H34N8O8S/c20-9(3-6-14(29)30)15(31)25-10(2-1-7-24-19(22)23)16(32)27-12(8-36)17(33)26-11(18(34)35)4-5-13(21)28/h9-12,36H,1-8,20H2,(H2,21,28)(H,25,31)(H,26,33)(H,27,32)(H,29,30)(H,34,35)(H4,22,23,24). The second-order valence-electron chi connectivity index (χ2n) is 7.70. The molecule has 0 saturated heterocycles. The first kappa shape index (κ1) is 32.4. The summed E-state index contributed by atoms with van der Waals surface area (Å²) < 4.78 is 0. The van der Waals surface area contributed by atoms with Gasteiger partial charge in [-0.2, -0.15) is 12.6 Å². The van der Waals surface area contributed by atoms with Crippen molar-refractivity contribution in [3.63, 3.8) is 0 Å². The van der Waals surface area contributed by atoms with Gasteiger partial charge in [0.25, 0.3) is 0 Å². The molecular formula is C19H34N8O8S. The Morgan fingerprint density at radius 3 is 1.83 bits per heavy atom. The number of hydrogen-bond donors (Lipinski definition) is 10. The van der Waals surface area contributed by atoms with E-state index in [4.69, 9.17) is 28.0 Å². The largest absolute Gasteiger partial charge is 0.481 e. The number of aliphatic carboxylic acids is 2. The van der Waals surface area contributed by atoms with Crippen molar-refractivity contribution in [2.45, 2.75) is 62.7 Å². The Kier molecular flexibility index (Phi) is 15.2. The maximum absolute atomic E-state index is 12.9. The minimum atomic E-state index is -1.44. The molecule has 0 aromatic heterocycles. The fourth-order valence-corrected chi connectivity index (χ4v) is 3.00. The van der Waals surface area contributed by atoms with Crippen LogP contribution in [0.25, 0.3) is 0 Å². The molecule has 36 heavy (non-hydrogen) atoms. The Labute approximate surface area is 212 Å². The molecule has 0 aromatic rings. The van der Waals surface area contributed by atoms with Gasteiger partial charge < -0.3 is 49.1 Å². The van der Waals surface area contributed by atoms with E-state index in [9.17, 15) is 33.9 Å². The van der Waals surface area contributed by atoms with Crippen molar-refractivity contribution in [2.75, 3.05) is 12.3 Å². The molecule has 4 atom stereocenters.